The maximum absolute atomic E-state index is 8.89. The first-order chi connectivity index (χ1) is 7.02. The Kier molecular flexibility index (Phi) is 3.85. The first-order valence-electron chi connectivity index (χ1n) is 5.44. The van der Waals surface area contributed by atoms with Crippen molar-refractivity contribution in [3.8, 4) is 6.07 Å². The molecular formula is C13H18N2. The van der Waals surface area contributed by atoms with Crippen LogP contribution < -0.4 is 0 Å². The van der Waals surface area contributed by atoms with Crippen molar-refractivity contribution < 1.29 is 0 Å². The van der Waals surface area contributed by atoms with Gasteiger partial charge >= 0.3 is 0 Å². The van der Waals surface area contributed by atoms with Crippen LogP contribution in [0.2, 0.25) is 0 Å². The standard InChI is InChI=1S/C13H18N2/c1-9(2)5-12-6-11(10(3)4)7-13(8-14)15-12/h6-7,9-10H,5H2,1-4H3. The van der Waals surface area contributed by atoms with Gasteiger partial charge in [-0.05, 0) is 36.0 Å². The second-order valence-corrected chi connectivity index (χ2v) is 4.64. The van der Waals surface area contributed by atoms with Crippen molar-refractivity contribution in [3.63, 3.8) is 0 Å². The van der Waals surface area contributed by atoms with Gasteiger partial charge < -0.3 is 0 Å². The lowest BCUT2D eigenvalue weighted by atomic mass is 9.99. The van der Waals surface area contributed by atoms with Crippen LogP contribution in [0.1, 0.15) is 50.6 Å². The Hall–Kier alpha value is -1.36. The number of pyridine rings is 1. The van der Waals surface area contributed by atoms with E-state index in [1.54, 1.807) is 0 Å². The third-order valence-electron chi connectivity index (χ3n) is 2.30. The number of rotatable bonds is 3. The fraction of sp³-hybridized carbons (Fsp3) is 0.538. The Balaban J connectivity index is 3.07. The lowest BCUT2D eigenvalue weighted by Crippen LogP contribution is -2.01. The van der Waals surface area contributed by atoms with E-state index in [0.717, 1.165) is 12.1 Å². The van der Waals surface area contributed by atoms with Crippen molar-refractivity contribution in [2.45, 2.75) is 40.0 Å². The minimum atomic E-state index is 0.450. The predicted octanol–water partition coefficient (Wildman–Crippen LogP) is 3.28. The van der Waals surface area contributed by atoms with E-state index in [9.17, 15) is 0 Å². The molecule has 2 nitrogen and oxygen atoms in total. The summed E-state index contributed by atoms with van der Waals surface area (Å²) < 4.78 is 0. The summed E-state index contributed by atoms with van der Waals surface area (Å²) in [5.41, 5.74) is 2.78. The molecule has 80 valence electrons. The highest BCUT2D eigenvalue weighted by molar-refractivity contribution is 5.30. The van der Waals surface area contributed by atoms with Crippen LogP contribution in [0.3, 0.4) is 0 Å². The minimum absolute atomic E-state index is 0.450. The van der Waals surface area contributed by atoms with Crippen molar-refractivity contribution in [2.24, 2.45) is 5.92 Å². The first-order valence-corrected chi connectivity index (χ1v) is 5.44. The van der Waals surface area contributed by atoms with Crippen LogP contribution >= 0.6 is 0 Å². The molecule has 0 aliphatic rings. The van der Waals surface area contributed by atoms with E-state index in [2.05, 4.69) is 44.8 Å². The topological polar surface area (TPSA) is 36.7 Å². The summed E-state index contributed by atoms with van der Waals surface area (Å²) in [6.07, 6.45) is 0.940. The van der Waals surface area contributed by atoms with Gasteiger partial charge in [0.2, 0.25) is 0 Å². The molecule has 1 aromatic heterocycles. The molecule has 0 bridgehead atoms. The fourth-order valence-electron chi connectivity index (χ4n) is 1.52. The van der Waals surface area contributed by atoms with E-state index in [1.807, 2.05) is 6.07 Å². The maximum atomic E-state index is 8.89. The maximum Gasteiger partial charge on any atom is 0.141 e. The molecule has 0 aliphatic carbocycles. The van der Waals surface area contributed by atoms with Gasteiger partial charge in [0, 0.05) is 5.69 Å². The number of aromatic nitrogens is 1. The molecule has 0 fully saturated rings. The normalized spacial score (nSPS) is 10.7. The van der Waals surface area contributed by atoms with Crippen LogP contribution in [0.5, 0.6) is 0 Å². The largest absolute Gasteiger partial charge is 0.242 e. The van der Waals surface area contributed by atoms with E-state index in [4.69, 9.17) is 5.26 Å². The number of nitriles is 1. The summed E-state index contributed by atoms with van der Waals surface area (Å²) in [5.74, 6) is 1.03. The number of hydrogen-bond acceptors (Lipinski definition) is 2. The Morgan fingerprint density at radius 1 is 1.27 bits per heavy atom. The van der Waals surface area contributed by atoms with Crippen molar-refractivity contribution in [1.29, 1.82) is 5.26 Å². The lowest BCUT2D eigenvalue weighted by Gasteiger charge is -2.10. The van der Waals surface area contributed by atoms with Crippen LogP contribution in [0.15, 0.2) is 12.1 Å². The molecule has 0 amide bonds. The molecule has 2 heteroatoms. The van der Waals surface area contributed by atoms with Crippen LogP contribution in [-0.2, 0) is 6.42 Å². The highest BCUT2D eigenvalue weighted by atomic mass is 14.7. The monoisotopic (exact) mass is 202 g/mol. The summed E-state index contributed by atoms with van der Waals surface area (Å²) in [7, 11) is 0. The molecule has 0 atom stereocenters. The summed E-state index contributed by atoms with van der Waals surface area (Å²) in [6.45, 7) is 8.59. The molecule has 15 heavy (non-hydrogen) atoms. The SMILES string of the molecule is CC(C)Cc1cc(C(C)C)cc(C#N)n1. The van der Waals surface area contributed by atoms with Gasteiger partial charge in [0.25, 0.3) is 0 Å². The van der Waals surface area contributed by atoms with Crippen LogP contribution in [-0.4, -0.2) is 4.98 Å². The van der Waals surface area contributed by atoms with E-state index in [1.165, 1.54) is 5.56 Å². The Morgan fingerprint density at radius 2 is 1.93 bits per heavy atom. The zero-order valence-electron chi connectivity index (χ0n) is 9.91. The van der Waals surface area contributed by atoms with Gasteiger partial charge in [-0.3, -0.25) is 0 Å². The Morgan fingerprint density at radius 3 is 2.40 bits per heavy atom. The Labute approximate surface area is 92.0 Å². The molecule has 0 saturated heterocycles. The molecule has 0 unspecified atom stereocenters. The first kappa shape index (κ1) is 11.7. The summed E-state index contributed by atoms with van der Waals surface area (Å²) in [4.78, 5) is 4.31. The average molecular weight is 202 g/mol. The van der Waals surface area contributed by atoms with Crippen LogP contribution in [0, 0.1) is 17.2 Å². The molecule has 0 N–H and O–H groups in total. The summed E-state index contributed by atoms with van der Waals surface area (Å²) in [5, 5.41) is 8.89. The zero-order valence-corrected chi connectivity index (χ0v) is 9.91. The van der Waals surface area contributed by atoms with E-state index >= 15 is 0 Å². The van der Waals surface area contributed by atoms with Gasteiger partial charge in [0.15, 0.2) is 0 Å². The molecule has 0 aliphatic heterocycles. The van der Waals surface area contributed by atoms with Gasteiger partial charge in [0.05, 0.1) is 0 Å². The van der Waals surface area contributed by atoms with Gasteiger partial charge in [-0.25, -0.2) is 4.98 Å². The second kappa shape index (κ2) is 4.93. The van der Waals surface area contributed by atoms with E-state index in [-0.39, 0.29) is 0 Å². The highest BCUT2D eigenvalue weighted by Crippen LogP contribution is 2.17. The molecule has 0 radical (unpaired) electrons. The fourth-order valence-corrected chi connectivity index (χ4v) is 1.52. The number of hydrogen-bond donors (Lipinski definition) is 0. The quantitative estimate of drug-likeness (QED) is 0.754. The van der Waals surface area contributed by atoms with Crippen molar-refractivity contribution in [2.75, 3.05) is 0 Å². The molecule has 1 heterocycles. The third-order valence-corrected chi connectivity index (χ3v) is 2.30. The van der Waals surface area contributed by atoms with E-state index in [0.29, 0.717) is 17.5 Å². The van der Waals surface area contributed by atoms with Crippen LogP contribution in [0.25, 0.3) is 0 Å². The van der Waals surface area contributed by atoms with Crippen molar-refractivity contribution in [1.82, 2.24) is 4.98 Å². The molecule has 0 aromatic carbocycles. The molecule has 1 rings (SSSR count). The van der Waals surface area contributed by atoms with Gasteiger partial charge in [-0.15, -0.1) is 0 Å². The molecule has 0 saturated carbocycles. The average Bonchev–Trinajstić information content (AvgIpc) is 2.16. The van der Waals surface area contributed by atoms with Gasteiger partial charge in [-0.2, -0.15) is 5.26 Å². The highest BCUT2D eigenvalue weighted by Gasteiger charge is 2.06. The van der Waals surface area contributed by atoms with Crippen molar-refractivity contribution in [3.05, 3.63) is 29.1 Å². The smallest absolute Gasteiger partial charge is 0.141 e. The van der Waals surface area contributed by atoms with E-state index < -0.39 is 0 Å². The second-order valence-electron chi connectivity index (χ2n) is 4.64. The molecule has 0 spiro atoms. The summed E-state index contributed by atoms with van der Waals surface area (Å²) in [6, 6.07) is 6.12. The summed E-state index contributed by atoms with van der Waals surface area (Å²) >= 11 is 0. The Bertz CT molecular complexity index is 373. The zero-order chi connectivity index (χ0) is 11.4. The van der Waals surface area contributed by atoms with Crippen LogP contribution in [0.4, 0.5) is 0 Å². The van der Waals surface area contributed by atoms with Crippen molar-refractivity contribution >= 4 is 0 Å². The third kappa shape index (κ3) is 3.36. The van der Waals surface area contributed by atoms with Gasteiger partial charge in [-0.1, -0.05) is 27.7 Å². The van der Waals surface area contributed by atoms with Gasteiger partial charge in [0.1, 0.15) is 11.8 Å². The predicted molar refractivity (Wildman–Crippen MR) is 61.6 cm³/mol. The lowest BCUT2D eigenvalue weighted by molar-refractivity contribution is 0.633. The molecule has 1 aromatic rings. The minimum Gasteiger partial charge on any atom is -0.242 e. The number of nitrogens with zero attached hydrogens (tertiary/aromatic N) is 2. The molecular weight excluding hydrogens is 184 g/mol.